The predicted octanol–water partition coefficient (Wildman–Crippen LogP) is 1.90. The molecule has 0 saturated heterocycles. The van der Waals surface area contributed by atoms with Crippen molar-refractivity contribution in [1.82, 2.24) is 25.2 Å². The molecule has 5 heteroatoms. The first-order valence-corrected chi connectivity index (χ1v) is 8.00. The molecule has 1 aliphatic carbocycles. The van der Waals surface area contributed by atoms with Gasteiger partial charge in [-0.25, -0.2) is 0 Å². The monoisotopic (exact) mass is 279 g/mol. The van der Waals surface area contributed by atoms with E-state index in [1.807, 2.05) is 4.68 Å². The van der Waals surface area contributed by atoms with Gasteiger partial charge in [-0.3, -0.25) is 4.68 Å². The number of likely N-dealkylation sites (N-methyl/N-ethyl adjacent to an activating group) is 1. The topological polar surface area (TPSA) is 46.0 Å². The van der Waals surface area contributed by atoms with Gasteiger partial charge < -0.3 is 10.2 Å². The van der Waals surface area contributed by atoms with Crippen molar-refractivity contribution in [3.05, 3.63) is 11.9 Å². The summed E-state index contributed by atoms with van der Waals surface area (Å²) in [6.45, 7) is 8.26. The van der Waals surface area contributed by atoms with Crippen molar-refractivity contribution in [3.8, 4) is 0 Å². The third kappa shape index (κ3) is 4.28. The quantitative estimate of drug-likeness (QED) is 0.828. The standard InChI is InChI=1S/C15H29N5/c1-4-16-11-14-12-20(18-17-14)10-9-19(3)15-8-6-5-7-13(15)2/h12-13,15-16H,4-11H2,1-3H3. The van der Waals surface area contributed by atoms with Gasteiger partial charge in [0.1, 0.15) is 0 Å². The van der Waals surface area contributed by atoms with E-state index in [0.717, 1.165) is 43.8 Å². The van der Waals surface area contributed by atoms with Crippen LogP contribution in [0, 0.1) is 5.92 Å². The maximum atomic E-state index is 4.21. The van der Waals surface area contributed by atoms with E-state index in [1.54, 1.807) is 0 Å². The Kier molecular flexibility index (Phi) is 5.98. The van der Waals surface area contributed by atoms with E-state index < -0.39 is 0 Å². The zero-order chi connectivity index (χ0) is 14.4. The second kappa shape index (κ2) is 7.74. The summed E-state index contributed by atoms with van der Waals surface area (Å²) in [5, 5.41) is 11.7. The minimum atomic E-state index is 0.744. The number of aromatic nitrogens is 3. The van der Waals surface area contributed by atoms with Crippen LogP contribution in [0.15, 0.2) is 6.20 Å². The van der Waals surface area contributed by atoms with Crippen molar-refractivity contribution in [1.29, 1.82) is 0 Å². The number of hydrogen-bond donors (Lipinski definition) is 1. The van der Waals surface area contributed by atoms with Crippen LogP contribution in [0.2, 0.25) is 0 Å². The molecule has 1 aromatic heterocycles. The fourth-order valence-corrected chi connectivity index (χ4v) is 3.16. The fraction of sp³-hybridized carbons (Fsp3) is 0.867. The van der Waals surface area contributed by atoms with Crippen LogP contribution in [0.1, 0.15) is 45.2 Å². The average molecular weight is 279 g/mol. The van der Waals surface area contributed by atoms with Gasteiger partial charge in [0.05, 0.1) is 12.2 Å². The zero-order valence-electron chi connectivity index (χ0n) is 13.2. The van der Waals surface area contributed by atoms with E-state index in [0.29, 0.717) is 0 Å². The first-order valence-electron chi connectivity index (χ1n) is 8.00. The highest BCUT2D eigenvalue weighted by molar-refractivity contribution is 4.91. The molecular formula is C15H29N5. The number of nitrogens with zero attached hydrogens (tertiary/aromatic N) is 4. The lowest BCUT2D eigenvalue weighted by atomic mass is 9.85. The highest BCUT2D eigenvalue weighted by Crippen LogP contribution is 2.27. The minimum Gasteiger partial charge on any atom is -0.311 e. The Labute approximate surface area is 122 Å². The third-order valence-corrected chi connectivity index (χ3v) is 4.46. The van der Waals surface area contributed by atoms with Gasteiger partial charge in [0.15, 0.2) is 0 Å². The Bertz CT molecular complexity index is 389. The molecule has 0 aliphatic heterocycles. The molecule has 20 heavy (non-hydrogen) atoms. The first kappa shape index (κ1) is 15.4. The molecule has 0 bridgehead atoms. The smallest absolute Gasteiger partial charge is 0.0964 e. The molecule has 1 aliphatic rings. The summed E-state index contributed by atoms with van der Waals surface area (Å²) < 4.78 is 1.97. The normalized spacial score (nSPS) is 23.4. The lowest BCUT2D eigenvalue weighted by molar-refractivity contribution is 0.134. The third-order valence-electron chi connectivity index (χ3n) is 4.46. The molecule has 114 valence electrons. The summed E-state index contributed by atoms with van der Waals surface area (Å²) in [4.78, 5) is 2.51. The van der Waals surface area contributed by atoms with Crippen LogP contribution in [0.4, 0.5) is 0 Å². The summed E-state index contributed by atoms with van der Waals surface area (Å²) in [6.07, 6.45) is 7.57. The predicted molar refractivity (Wildman–Crippen MR) is 81.5 cm³/mol. The van der Waals surface area contributed by atoms with Crippen LogP contribution in [-0.4, -0.2) is 46.1 Å². The van der Waals surface area contributed by atoms with Crippen molar-refractivity contribution >= 4 is 0 Å². The number of nitrogens with one attached hydrogen (secondary N) is 1. The Morgan fingerprint density at radius 3 is 2.95 bits per heavy atom. The molecule has 0 spiro atoms. The van der Waals surface area contributed by atoms with E-state index in [4.69, 9.17) is 0 Å². The Morgan fingerprint density at radius 1 is 1.40 bits per heavy atom. The molecule has 5 nitrogen and oxygen atoms in total. The van der Waals surface area contributed by atoms with E-state index >= 15 is 0 Å². The molecule has 1 aromatic rings. The Hall–Kier alpha value is -0.940. The highest BCUT2D eigenvalue weighted by Gasteiger charge is 2.24. The summed E-state index contributed by atoms with van der Waals surface area (Å²) in [5.74, 6) is 0.828. The maximum absolute atomic E-state index is 4.21. The van der Waals surface area contributed by atoms with Crippen molar-refractivity contribution in [2.75, 3.05) is 20.1 Å². The van der Waals surface area contributed by atoms with Gasteiger partial charge >= 0.3 is 0 Å². The molecule has 2 atom stereocenters. The van der Waals surface area contributed by atoms with E-state index in [9.17, 15) is 0 Å². The van der Waals surface area contributed by atoms with Crippen molar-refractivity contribution < 1.29 is 0 Å². The lowest BCUT2D eigenvalue weighted by Crippen LogP contribution is -2.40. The van der Waals surface area contributed by atoms with Crippen LogP contribution < -0.4 is 5.32 Å². The fourth-order valence-electron chi connectivity index (χ4n) is 3.16. The molecule has 2 rings (SSSR count). The molecule has 0 amide bonds. The number of hydrogen-bond acceptors (Lipinski definition) is 4. The molecular weight excluding hydrogens is 250 g/mol. The highest BCUT2D eigenvalue weighted by atomic mass is 15.4. The van der Waals surface area contributed by atoms with Gasteiger partial charge in [0.25, 0.3) is 0 Å². The molecule has 1 heterocycles. The van der Waals surface area contributed by atoms with Gasteiger partial charge in [0.2, 0.25) is 0 Å². The minimum absolute atomic E-state index is 0.744. The Morgan fingerprint density at radius 2 is 2.20 bits per heavy atom. The van der Waals surface area contributed by atoms with Crippen LogP contribution in [-0.2, 0) is 13.1 Å². The maximum Gasteiger partial charge on any atom is 0.0964 e. The van der Waals surface area contributed by atoms with E-state index in [2.05, 4.69) is 47.6 Å². The molecule has 0 radical (unpaired) electrons. The molecule has 2 unspecified atom stereocenters. The van der Waals surface area contributed by atoms with Crippen molar-refractivity contribution in [3.63, 3.8) is 0 Å². The van der Waals surface area contributed by atoms with Crippen molar-refractivity contribution in [2.45, 2.75) is 58.7 Å². The largest absolute Gasteiger partial charge is 0.311 e. The van der Waals surface area contributed by atoms with Crippen LogP contribution in [0.25, 0.3) is 0 Å². The van der Waals surface area contributed by atoms with Gasteiger partial charge in [-0.15, -0.1) is 5.10 Å². The lowest BCUT2D eigenvalue weighted by Gasteiger charge is -2.36. The SMILES string of the molecule is CCNCc1cn(CCN(C)C2CCCCC2C)nn1. The summed E-state index contributed by atoms with van der Waals surface area (Å²) in [6, 6.07) is 0.744. The van der Waals surface area contributed by atoms with Crippen LogP contribution >= 0.6 is 0 Å². The molecule has 0 aromatic carbocycles. The second-order valence-corrected chi connectivity index (χ2v) is 6.06. The van der Waals surface area contributed by atoms with E-state index in [1.165, 1.54) is 25.7 Å². The van der Waals surface area contributed by atoms with Gasteiger partial charge in [-0.05, 0) is 32.4 Å². The first-order chi connectivity index (χ1) is 9.70. The van der Waals surface area contributed by atoms with Crippen molar-refractivity contribution in [2.24, 2.45) is 5.92 Å². The molecule has 1 N–H and O–H groups in total. The van der Waals surface area contributed by atoms with Crippen LogP contribution in [0.5, 0.6) is 0 Å². The Balaban J connectivity index is 1.77. The number of rotatable bonds is 7. The summed E-state index contributed by atoms with van der Waals surface area (Å²) in [5.41, 5.74) is 1.03. The molecule has 1 fully saturated rings. The van der Waals surface area contributed by atoms with Gasteiger partial charge in [-0.2, -0.15) is 0 Å². The summed E-state index contributed by atoms with van der Waals surface area (Å²) >= 11 is 0. The summed E-state index contributed by atoms with van der Waals surface area (Å²) in [7, 11) is 2.25. The van der Waals surface area contributed by atoms with Crippen LogP contribution in [0.3, 0.4) is 0 Å². The second-order valence-electron chi connectivity index (χ2n) is 6.06. The average Bonchev–Trinajstić information content (AvgIpc) is 2.91. The van der Waals surface area contributed by atoms with Gasteiger partial charge in [-0.1, -0.05) is 31.9 Å². The molecule has 1 saturated carbocycles. The van der Waals surface area contributed by atoms with Gasteiger partial charge in [0, 0.05) is 25.3 Å². The zero-order valence-corrected chi connectivity index (χ0v) is 13.2. The van der Waals surface area contributed by atoms with E-state index in [-0.39, 0.29) is 0 Å².